The molecule has 0 saturated carbocycles. The van der Waals surface area contributed by atoms with Gasteiger partial charge >= 0.3 is 0 Å². The minimum Gasteiger partial charge on any atom is -0.487 e. The minimum atomic E-state index is 0.411. The molecule has 0 unspecified atom stereocenters. The van der Waals surface area contributed by atoms with E-state index in [0.717, 1.165) is 22.6 Å². The first-order valence-corrected chi connectivity index (χ1v) is 13.9. The molecule has 2 aromatic carbocycles. The van der Waals surface area contributed by atoms with Crippen molar-refractivity contribution in [3.05, 3.63) is 47.5 Å². The number of aryl methyl sites for hydroxylation is 2. The minimum absolute atomic E-state index is 0.411. The van der Waals surface area contributed by atoms with Crippen LogP contribution in [0.4, 0.5) is 0 Å². The van der Waals surface area contributed by atoms with Crippen LogP contribution in [0.25, 0.3) is 0 Å². The van der Waals surface area contributed by atoms with Gasteiger partial charge in [0.1, 0.15) is 26.4 Å². The fourth-order valence-electron chi connectivity index (χ4n) is 3.76. The van der Waals surface area contributed by atoms with Gasteiger partial charge in [-0.2, -0.15) is 0 Å². The van der Waals surface area contributed by atoms with Gasteiger partial charge in [0.05, 0.1) is 79.3 Å². The third-order valence-corrected chi connectivity index (χ3v) is 5.76. The molecule has 0 N–H and O–H groups in total. The fraction of sp³-hybridized carbons (Fsp3) is 0.600. The van der Waals surface area contributed by atoms with E-state index in [0.29, 0.717) is 117 Å². The summed E-state index contributed by atoms with van der Waals surface area (Å²) in [7, 11) is 0. The lowest BCUT2D eigenvalue weighted by Gasteiger charge is -2.16. The average molecular weight is 565 g/mol. The molecule has 0 amide bonds. The van der Waals surface area contributed by atoms with E-state index in [2.05, 4.69) is 0 Å². The fourth-order valence-corrected chi connectivity index (χ4v) is 3.76. The standard InChI is InChI=1S/C30H44O10/c1-25-5-3-7-27-29(25)39-23-19-35-15-11-31-10-14-34-18-22-38-28-8-4-6-26(2)30(28)40-24-20-36-16-12-32-9-13-33-17-21-37-27/h3-8H,9-24H2,1-2H3. The molecule has 2 aromatic rings. The Morgan fingerprint density at radius 2 is 0.625 bits per heavy atom. The molecule has 0 radical (unpaired) electrons. The molecular weight excluding hydrogens is 520 g/mol. The monoisotopic (exact) mass is 564 g/mol. The van der Waals surface area contributed by atoms with Crippen molar-refractivity contribution >= 4 is 0 Å². The van der Waals surface area contributed by atoms with Gasteiger partial charge in [-0.05, 0) is 37.1 Å². The average Bonchev–Trinajstić information content (AvgIpc) is 2.95. The summed E-state index contributed by atoms with van der Waals surface area (Å²) in [6, 6.07) is 11.6. The maximum Gasteiger partial charge on any atom is 0.164 e. The summed E-state index contributed by atoms with van der Waals surface area (Å²) >= 11 is 0. The molecule has 10 heteroatoms. The van der Waals surface area contributed by atoms with Crippen LogP contribution in [-0.4, -0.2) is 106 Å². The van der Waals surface area contributed by atoms with Gasteiger partial charge in [-0.1, -0.05) is 24.3 Å². The van der Waals surface area contributed by atoms with Crippen molar-refractivity contribution in [3.63, 3.8) is 0 Å². The van der Waals surface area contributed by atoms with E-state index in [-0.39, 0.29) is 0 Å². The molecule has 0 atom stereocenters. The predicted octanol–water partition coefficient (Wildman–Crippen LogP) is 3.63. The third kappa shape index (κ3) is 12.7. The zero-order valence-electron chi connectivity index (χ0n) is 23.9. The van der Waals surface area contributed by atoms with Crippen LogP contribution in [0.2, 0.25) is 0 Å². The van der Waals surface area contributed by atoms with Gasteiger partial charge in [-0.25, -0.2) is 0 Å². The number of para-hydroxylation sites is 2. The Labute approximate surface area is 237 Å². The van der Waals surface area contributed by atoms with Crippen molar-refractivity contribution in [1.82, 2.24) is 0 Å². The lowest BCUT2D eigenvalue weighted by Crippen LogP contribution is -2.16. The molecule has 0 aromatic heterocycles. The maximum atomic E-state index is 5.94. The zero-order valence-corrected chi connectivity index (χ0v) is 23.9. The van der Waals surface area contributed by atoms with Crippen LogP contribution in [0, 0.1) is 13.8 Å². The second-order valence-corrected chi connectivity index (χ2v) is 8.87. The van der Waals surface area contributed by atoms with Gasteiger partial charge in [-0.3, -0.25) is 0 Å². The van der Waals surface area contributed by atoms with Crippen molar-refractivity contribution in [2.75, 3.05) is 106 Å². The molecule has 224 valence electrons. The molecule has 0 aliphatic carbocycles. The lowest BCUT2D eigenvalue weighted by molar-refractivity contribution is 0.00243. The Bertz CT molecular complexity index is 863. The van der Waals surface area contributed by atoms with Crippen LogP contribution in [0.1, 0.15) is 11.1 Å². The highest BCUT2D eigenvalue weighted by Crippen LogP contribution is 2.31. The first-order valence-electron chi connectivity index (χ1n) is 13.9. The summed E-state index contributed by atoms with van der Waals surface area (Å²) in [5, 5.41) is 0. The van der Waals surface area contributed by atoms with Gasteiger partial charge in [0.2, 0.25) is 0 Å². The lowest BCUT2D eigenvalue weighted by atomic mass is 10.2. The van der Waals surface area contributed by atoms with Gasteiger partial charge in [-0.15, -0.1) is 0 Å². The molecule has 0 fully saturated rings. The molecule has 3 rings (SSSR count). The Morgan fingerprint density at radius 3 is 0.950 bits per heavy atom. The van der Waals surface area contributed by atoms with Crippen molar-refractivity contribution < 1.29 is 47.4 Å². The van der Waals surface area contributed by atoms with Crippen LogP contribution in [0.15, 0.2) is 36.4 Å². The number of rotatable bonds is 0. The molecule has 1 heterocycles. The molecular formula is C30H44O10. The van der Waals surface area contributed by atoms with E-state index in [4.69, 9.17) is 47.4 Å². The van der Waals surface area contributed by atoms with Gasteiger partial charge in [0.15, 0.2) is 23.0 Å². The topological polar surface area (TPSA) is 92.3 Å². The molecule has 10 nitrogen and oxygen atoms in total. The van der Waals surface area contributed by atoms with E-state index < -0.39 is 0 Å². The van der Waals surface area contributed by atoms with E-state index in [1.54, 1.807) is 0 Å². The van der Waals surface area contributed by atoms with Crippen LogP contribution in [0.5, 0.6) is 23.0 Å². The van der Waals surface area contributed by atoms with Crippen LogP contribution >= 0.6 is 0 Å². The summed E-state index contributed by atoms with van der Waals surface area (Å²) < 4.78 is 57.3. The van der Waals surface area contributed by atoms with E-state index in [1.807, 2.05) is 50.2 Å². The van der Waals surface area contributed by atoms with E-state index in [9.17, 15) is 0 Å². The summed E-state index contributed by atoms with van der Waals surface area (Å²) in [6.45, 7) is 11.3. The molecule has 0 spiro atoms. The van der Waals surface area contributed by atoms with Crippen LogP contribution in [0.3, 0.4) is 0 Å². The Hall–Kier alpha value is -2.60. The van der Waals surface area contributed by atoms with E-state index >= 15 is 0 Å². The number of ether oxygens (including phenoxy) is 10. The Kier molecular flexibility index (Phi) is 16.2. The second kappa shape index (κ2) is 20.3. The summed E-state index contributed by atoms with van der Waals surface area (Å²) in [4.78, 5) is 0. The van der Waals surface area contributed by atoms with Crippen LogP contribution in [-0.2, 0) is 28.4 Å². The summed E-state index contributed by atoms with van der Waals surface area (Å²) in [5.41, 5.74) is 2.00. The van der Waals surface area contributed by atoms with Gasteiger partial charge in [0.25, 0.3) is 0 Å². The van der Waals surface area contributed by atoms with E-state index in [1.165, 1.54) is 0 Å². The quantitative estimate of drug-likeness (QED) is 0.472. The Morgan fingerprint density at radius 1 is 0.350 bits per heavy atom. The smallest absolute Gasteiger partial charge is 0.164 e. The normalized spacial score (nSPS) is 18.9. The molecule has 1 aliphatic heterocycles. The SMILES string of the molecule is Cc1cccc2c1OCCOCCOCCOCCOc1cccc(C)c1OCCOCCOCCOCCO2. The second-order valence-electron chi connectivity index (χ2n) is 8.87. The highest BCUT2D eigenvalue weighted by atomic mass is 16.6. The third-order valence-electron chi connectivity index (χ3n) is 5.76. The molecule has 40 heavy (non-hydrogen) atoms. The number of fused-ring (bicyclic) bond motifs is 2. The highest BCUT2D eigenvalue weighted by molar-refractivity contribution is 5.46. The van der Waals surface area contributed by atoms with Crippen molar-refractivity contribution in [3.8, 4) is 23.0 Å². The number of hydrogen-bond acceptors (Lipinski definition) is 10. The molecule has 0 bridgehead atoms. The summed E-state index contributed by atoms with van der Waals surface area (Å²) in [6.07, 6.45) is 0. The van der Waals surface area contributed by atoms with Gasteiger partial charge < -0.3 is 47.4 Å². The van der Waals surface area contributed by atoms with Crippen molar-refractivity contribution in [2.24, 2.45) is 0 Å². The largest absolute Gasteiger partial charge is 0.487 e. The number of hydrogen-bond donors (Lipinski definition) is 0. The summed E-state index contributed by atoms with van der Waals surface area (Å²) in [5.74, 6) is 2.81. The molecule has 0 saturated heterocycles. The maximum absolute atomic E-state index is 5.94. The Balaban J connectivity index is 1.41. The molecule has 1 aliphatic rings. The first-order chi connectivity index (χ1) is 19.8. The van der Waals surface area contributed by atoms with Crippen LogP contribution < -0.4 is 18.9 Å². The number of benzene rings is 2. The van der Waals surface area contributed by atoms with Crippen molar-refractivity contribution in [1.29, 1.82) is 0 Å². The van der Waals surface area contributed by atoms with Gasteiger partial charge in [0, 0.05) is 0 Å². The predicted molar refractivity (Wildman–Crippen MR) is 149 cm³/mol. The highest BCUT2D eigenvalue weighted by Gasteiger charge is 2.10. The first kappa shape index (κ1) is 31.9. The van der Waals surface area contributed by atoms with Crippen molar-refractivity contribution in [2.45, 2.75) is 13.8 Å². The zero-order chi connectivity index (χ0) is 28.1.